The molecule has 3 aliphatic rings. The van der Waals surface area contributed by atoms with Crippen LogP contribution in [0.4, 0.5) is 0 Å². The molecule has 0 bridgehead atoms. The quantitative estimate of drug-likeness (QED) is 0.665. The standard InChI is InChI=1S/C25H27N3O5/c29-23-9-8-21(24(30)26-23)28-15-20-19(25(28)31)2-1-3-22(20)33-16-18-6-4-17(5-7-18)14-27-10-12-32-13-11-27/h1-7,21H,8-16H2,(H,26,29,30)/i4D,5D,6D,7D,8D2,9D2,21D. The molecular formula is C25H27N3O5. The van der Waals surface area contributed by atoms with Crippen LogP contribution in [0.25, 0.3) is 0 Å². The van der Waals surface area contributed by atoms with Crippen molar-refractivity contribution in [2.45, 2.75) is 38.5 Å². The molecule has 2 aromatic rings. The first-order valence-electron chi connectivity index (χ1n) is 14.9. The Balaban J connectivity index is 1.42. The molecule has 2 saturated heterocycles. The van der Waals surface area contributed by atoms with Gasteiger partial charge in [-0.3, -0.25) is 24.6 Å². The molecule has 2 fully saturated rings. The summed E-state index contributed by atoms with van der Waals surface area (Å²) in [7, 11) is 0. The summed E-state index contributed by atoms with van der Waals surface area (Å²) < 4.78 is 86.1. The van der Waals surface area contributed by atoms with E-state index in [1.54, 1.807) is 5.32 Å². The summed E-state index contributed by atoms with van der Waals surface area (Å²) in [6.07, 6.45) is -6.72. The number of fused-ring (bicyclic) bond motifs is 1. The number of benzene rings is 2. The fourth-order valence-electron chi connectivity index (χ4n) is 3.82. The van der Waals surface area contributed by atoms with Crippen LogP contribution in [0.2, 0.25) is 0 Å². The van der Waals surface area contributed by atoms with Crippen molar-refractivity contribution in [3.05, 3.63) is 64.6 Å². The summed E-state index contributed by atoms with van der Waals surface area (Å²) in [4.78, 5) is 40.6. The minimum Gasteiger partial charge on any atom is -0.489 e. The molecule has 3 aliphatic heterocycles. The third-order valence-corrected chi connectivity index (χ3v) is 5.52. The number of nitrogens with zero attached hydrogens (tertiary/aromatic N) is 2. The highest BCUT2D eigenvalue weighted by Gasteiger charge is 2.40. The van der Waals surface area contributed by atoms with Crippen LogP contribution in [0.5, 0.6) is 5.75 Å². The van der Waals surface area contributed by atoms with Crippen molar-refractivity contribution < 1.29 is 36.2 Å². The Morgan fingerprint density at radius 2 is 1.91 bits per heavy atom. The van der Waals surface area contributed by atoms with Crippen LogP contribution in [0.3, 0.4) is 0 Å². The maximum atomic E-state index is 13.3. The fraction of sp³-hybridized carbons (Fsp3) is 0.400. The number of carbonyl (C=O) groups is 3. The molecule has 33 heavy (non-hydrogen) atoms. The maximum absolute atomic E-state index is 13.3. The molecule has 0 aliphatic carbocycles. The van der Waals surface area contributed by atoms with E-state index in [0.717, 1.165) is 0 Å². The van der Waals surface area contributed by atoms with Gasteiger partial charge in [0, 0.05) is 42.6 Å². The van der Waals surface area contributed by atoms with Crippen LogP contribution < -0.4 is 10.1 Å². The molecule has 172 valence electrons. The van der Waals surface area contributed by atoms with E-state index in [-0.39, 0.29) is 58.7 Å². The van der Waals surface area contributed by atoms with Crippen LogP contribution in [0, 0.1) is 0 Å². The van der Waals surface area contributed by atoms with E-state index in [9.17, 15) is 14.4 Å². The lowest BCUT2D eigenvalue weighted by atomic mass is 10.0. The highest BCUT2D eigenvalue weighted by atomic mass is 16.5. The van der Waals surface area contributed by atoms with Crippen LogP contribution in [0.15, 0.2) is 42.4 Å². The van der Waals surface area contributed by atoms with Gasteiger partial charge in [-0.05, 0) is 29.6 Å². The minimum absolute atomic E-state index is 0.0267. The van der Waals surface area contributed by atoms with Crippen LogP contribution in [0.1, 0.15) is 52.1 Å². The Labute approximate surface area is 205 Å². The monoisotopic (exact) mass is 458 g/mol. The van der Waals surface area contributed by atoms with Gasteiger partial charge in [-0.25, -0.2) is 0 Å². The van der Waals surface area contributed by atoms with Crippen molar-refractivity contribution >= 4 is 17.7 Å². The first-order chi connectivity index (χ1) is 19.6. The van der Waals surface area contributed by atoms with Crippen molar-refractivity contribution in [3.8, 4) is 5.75 Å². The van der Waals surface area contributed by atoms with Crippen molar-refractivity contribution in [2.75, 3.05) is 26.3 Å². The Hall–Kier alpha value is -3.23. The summed E-state index contributed by atoms with van der Waals surface area (Å²) in [6, 6.07) is 0.135. The van der Waals surface area contributed by atoms with Gasteiger partial charge in [-0.2, -0.15) is 0 Å². The first-order valence-corrected chi connectivity index (χ1v) is 10.4. The van der Waals surface area contributed by atoms with Gasteiger partial charge in [-0.1, -0.05) is 30.2 Å². The molecule has 3 heterocycles. The molecule has 1 unspecified atom stereocenters. The molecule has 8 nitrogen and oxygen atoms in total. The summed E-state index contributed by atoms with van der Waals surface area (Å²) in [6.45, 7) is 1.50. The number of ether oxygens (including phenoxy) is 2. The third kappa shape index (κ3) is 4.62. The maximum Gasteiger partial charge on any atom is 0.255 e. The van der Waals surface area contributed by atoms with E-state index in [1.165, 1.54) is 18.2 Å². The Kier molecular flexibility index (Phi) is 3.81. The summed E-state index contributed by atoms with van der Waals surface area (Å²) >= 11 is 0. The van der Waals surface area contributed by atoms with Crippen LogP contribution in [-0.4, -0.2) is 59.8 Å². The van der Waals surface area contributed by atoms with E-state index >= 15 is 0 Å². The molecule has 2 aromatic carbocycles. The smallest absolute Gasteiger partial charge is 0.255 e. The normalized spacial score (nSPS) is 30.4. The molecule has 8 heteroatoms. The SMILES string of the molecule is [2H]c1c([2H])c(CN2CCOCC2)c([2H])c([2H])c1COc1cccc2c1CN(C1([2H])C(=O)NC(=O)C([2H])([2H])C1([2H])[2H])C2=O. The molecule has 0 radical (unpaired) electrons. The summed E-state index contributed by atoms with van der Waals surface area (Å²) in [5.41, 5.74) is 0.327. The molecule has 0 saturated carbocycles. The highest BCUT2D eigenvalue weighted by Crippen LogP contribution is 2.34. The van der Waals surface area contributed by atoms with E-state index in [0.29, 0.717) is 31.2 Å². The second kappa shape index (κ2) is 9.33. The Bertz CT molecular complexity index is 1470. The molecule has 5 rings (SSSR count). The average molecular weight is 459 g/mol. The van der Waals surface area contributed by atoms with Crippen molar-refractivity contribution in [1.29, 1.82) is 0 Å². The van der Waals surface area contributed by atoms with Gasteiger partial charge in [0.2, 0.25) is 11.8 Å². The number of hydrogen-bond donors (Lipinski definition) is 1. The zero-order valence-corrected chi connectivity index (χ0v) is 17.6. The lowest BCUT2D eigenvalue weighted by Crippen LogP contribution is -2.52. The number of hydrogen-bond acceptors (Lipinski definition) is 6. The zero-order chi connectivity index (χ0) is 30.8. The van der Waals surface area contributed by atoms with Gasteiger partial charge >= 0.3 is 0 Å². The highest BCUT2D eigenvalue weighted by molar-refractivity contribution is 6.05. The van der Waals surface area contributed by atoms with Gasteiger partial charge in [0.05, 0.1) is 26.6 Å². The number of morpholine rings is 1. The topological polar surface area (TPSA) is 88.2 Å². The number of nitrogens with one attached hydrogen (secondary N) is 1. The molecule has 3 amide bonds. The Morgan fingerprint density at radius 3 is 2.70 bits per heavy atom. The zero-order valence-electron chi connectivity index (χ0n) is 26.6. The van der Waals surface area contributed by atoms with E-state index in [4.69, 9.17) is 21.8 Å². The predicted octanol–water partition coefficient (Wildman–Crippen LogP) is 1.86. The molecular weight excluding hydrogens is 422 g/mol. The summed E-state index contributed by atoms with van der Waals surface area (Å²) in [5, 5.41) is 1.66. The van der Waals surface area contributed by atoms with Gasteiger partial charge in [-0.15, -0.1) is 0 Å². The fourth-order valence-corrected chi connectivity index (χ4v) is 3.82. The van der Waals surface area contributed by atoms with Crippen LogP contribution in [-0.2, 0) is 34.0 Å². The van der Waals surface area contributed by atoms with E-state index in [1.807, 2.05) is 4.90 Å². The van der Waals surface area contributed by atoms with Crippen molar-refractivity contribution in [3.63, 3.8) is 0 Å². The largest absolute Gasteiger partial charge is 0.489 e. The minimum atomic E-state index is -3.42. The second-order valence-electron chi connectivity index (χ2n) is 7.69. The average Bonchev–Trinajstić information content (AvgIpc) is 3.30. The van der Waals surface area contributed by atoms with Gasteiger partial charge in [0.25, 0.3) is 5.91 Å². The van der Waals surface area contributed by atoms with Gasteiger partial charge in [0.1, 0.15) is 18.4 Å². The van der Waals surface area contributed by atoms with Crippen molar-refractivity contribution in [2.24, 2.45) is 0 Å². The second-order valence-corrected chi connectivity index (χ2v) is 7.69. The molecule has 1 N–H and O–H groups in total. The van der Waals surface area contributed by atoms with Crippen molar-refractivity contribution in [1.82, 2.24) is 15.1 Å². The first kappa shape index (κ1) is 13.5. The lowest BCUT2D eigenvalue weighted by molar-refractivity contribution is -0.136. The number of carbonyl (C=O) groups excluding carboxylic acids is 3. The van der Waals surface area contributed by atoms with Gasteiger partial charge < -0.3 is 14.4 Å². The van der Waals surface area contributed by atoms with E-state index in [2.05, 4.69) is 0 Å². The third-order valence-electron chi connectivity index (χ3n) is 5.52. The molecule has 0 aromatic heterocycles. The number of rotatable bonds is 6. The summed E-state index contributed by atoms with van der Waals surface area (Å²) in [5.74, 6) is -3.94. The lowest BCUT2D eigenvalue weighted by Gasteiger charge is -2.29. The van der Waals surface area contributed by atoms with Gasteiger partial charge in [0.15, 0.2) is 0 Å². The predicted molar refractivity (Wildman–Crippen MR) is 119 cm³/mol. The number of amides is 3. The number of imide groups is 1. The molecule has 0 spiro atoms. The van der Waals surface area contributed by atoms with Crippen LogP contribution >= 0.6 is 0 Å². The Morgan fingerprint density at radius 1 is 1.15 bits per heavy atom. The van der Waals surface area contributed by atoms with E-state index < -0.39 is 49.6 Å². The molecule has 1 atom stereocenters. The number of piperidine rings is 1.